The van der Waals surface area contributed by atoms with E-state index < -0.39 is 6.61 Å². The van der Waals surface area contributed by atoms with Gasteiger partial charge in [0.2, 0.25) is 0 Å². The summed E-state index contributed by atoms with van der Waals surface area (Å²) in [6.45, 7) is 1.74. The zero-order valence-corrected chi connectivity index (χ0v) is 12.2. The van der Waals surface area contributed by atoms with Crippen LogP contribution in [0.15, 0.2) is 18.2 Å². The molecule has 1 aromatic carbocycles. The first-order valence-corrected chi connectivity index (χ1v) is 6.36. The monoisotopic (exact) mass is 289 g/mol. The van der Waals surface area contributed by atoms with Crippen molar-refractivity contribution in [3.63, 3.8) is 0 Å². The van der Waals surface area contributed by atoms with Gasteiger partial charge in [0.25, 0.3) is 0 Å². The molecule has 1 atom stereocenters. The molecule has 1 N–H and O–H groups in total. The van der Waals surface area contributed by atoms with E-state index in [9.17, 15) is 8.78 Å². The Labute approximate surface area is 118 Å². The highest BCUT2D eigenvalue weighted by molar-refractivity contribution is 5.55. The molecule has 0 amide bonds. The van der Waals surface area contributed by atoms with Crippen LogP contribution in [0, 0.1) is 5.92 Å². The van der Waals surface area contributed by atoms with Crippen molar-refractivity contribution in [1.82, 2.24) is 0 Å². The summed E-state index contributed by atoms with van der Waals surface area (Å²) < 4.78 is 39.3. The molecule has 0 aromatic heterocycles. The highest BCUT2D eigenvalue weighted by Gasteiger charge is 2.15. The average molecular weight is 289 g/mol. The second kappa shape index (κ2) is 7.89. The number of hydrogen-bond acceptors (Lipinski definition) is 4. The number of ether oxygens (including phenoxy) is 3. The fourth-order valence-corrected chi connectivity index (χ4v) is 1.75. The highest BCUT2D eigenvalue weighted by Crippen LogP contribution is 2.32. The van der Waals surface area contributed by atoms with Crippen molar-refractivity contribution in [2.24, 2.45) is 5.92 Å². The van der Waals surface area contributed by atoms with Crippen LogP contribution in [0.3, 0.4) is 0 Å². The second-order valence-electron chi connectivity index (χ2n) is 4.69. The van der Waals surface area contributed by atoms with Gasteiger partial charge >= 0.3 is 6.61 Å². The minimum atomic E-state index is -2.89. The van der Waals surface area contributed by atoms with Gasteiger partial charge in [-0.05, 0) is 18.1 Å². The van der Waals surface area contributed by atoms with Crippen LogP contribution in [0.5, 0.6) is 11.5 Å². The van der Waals surface area contributed by atoms with Gasteiger partial charge in [-0.15, -0.1) is 0 Å². The third-order valence-corrected chi connectivity index (χ3v) is 2.88. The highest BCUT2D eigenvalue weighted by atomic mass is 19.3. The Balaban J connectivity index is 2.89. The fraction of sp³-hybridized carbons (Fsp3) is 0.571. The molecule has 20 heavy (non-hydrogen) atoms. The summed E-state index contributed by atoms with van der Waals surface area (Å²) in [4.78, 5) is 0. The predicted molar refractivity (Wildman–Crippen MR) is 73.8 cm³/mol. The van der Waals surface area contributed by atoms with Crippen LogP contribution in [0.25, 0.3) is 0 Å². The van der Waals surface area contributed by atoms with E-state index in [0.29, 0.717) is 18.2 Å². The van der Waals surface area contributed by atoms with Crippen molar-refractivity contribution in [1.29, 1.82) is 0 Å². The summed E-state index contributed by atoms with van der Waals surface area (Å²) in [7, 11) is 3.03. The first-order valence-electron chi connectivity index (χ1n) is 6.36. The van der Waals surface area contributed by atoms with Gasteiger partial charge in [-0.2, -0.15) is 8.78 Å². The molecule has 0 aliphatic carbocycles. The molecule has 1 aromatic rings. The van der Waals surface area contributed by atoms with E-state index in [1.807, 2.05) is 0 Å². The molecule has 4 nitrogen and oxygen atoms in total. The van der Waals surface area contributed by atoms with Gasteiger partial charge in [-0.1, -0.05) is 13.8 Å². The Bertz CT molecular complexity index is 413. The number of methoxy groups -OCH3 is 2. The maximum Gasteiger partial charge on any atom is 0.387 e. The minimum Gasteiger partial charge on any atom is -0.493 e. The molecule has 114 valence electrons. The molecule has 0 aliphatic rings. The summed E-state index contributed by atoms with van der Waals surface area (Å²) in [5.41, 5.74) is 0.678. The van der Waals surface area contributed by atoms with Crippen molar-refractivity contribution in [3.8, 4) is 11.5 Å². The molecule has 0 saturated heterocycles. The molecule has 6 heteroatoms. The average Bonchev–Trinajstić information content (AvgIpc) is 2.37. The Morgan fingerprint density at radius 3 is 2.35 bits per heavy atom. The number of nitrogens with one attached hydrogen (secondary N) is 1. The molecule has 0 fully saturated rings. The van der Waals surface area contributed by atoms with Gasteiger partial charge < -0.3 is 19.5 Å². The van der Waals surface area contributed by atoms with E-state index in [4.69, 9.17) is 9.47 Å². The van der Waals surface area contributed by atoms with Crippen LogP contribution < -0.4 is 14.8 Å². The lowest BCUT2D eigenvalue weighted by Crippen LogP contribution is -2.30. The Kier molecular flexibility index (Phi) is 6.51. The standard InChI is InChI=1S/C14H21F2NO3/c1-9(2)11(8-18-3)17-10-5-6-12(19-4)13(7-10)20-14(15)16/h5-7,9,11,14,17H,8H2,1-4H3. The van der Waals surface area contributed by atoms with Crippen molar-refractivity contribution >= 4 is 5.69 Å². The van der Waals surface area contributed by atoms with Crippen molar-refractivity contribution in [2.75, 3.05) is 26.1 Å². The zero-order chi connectivity index (χ0) is 15.1. The maximum atomic E-state index is 12.4. The number of hydrogen-bond donors (Lipinski definition) is 1. The number of alkyl halides is 2. The van der Waals surface area contributed by atoms with Crippen molar-refractivity contribution in [3.05, 3.63) is 18.2 Å². The third-order valence-electron chi connectivity index (χ3n) is 2.88. The lowest BCUT2D eigenvalue weighted by Gasteiger charge is -2.23. The third kappa shape index (κ3) is 4.85. The van der Waals surface area contributed by atoms with Gasteiger partial charge in [-0.3, -0.25) is 0 Å². The lowest BCUT2D eigenvalue weighted by molar-refractivity contribution is -0.0511. The second-order valence-corrected chi connectivity index (χ2v) is 4.69. The van der Waals surface area contributed by atoms with Crippen molar-refractivity contribution < 1.29 is 23.0 Å². The van der Waals surface area contributed by atoms with Crippen molar-refractivity contribution in [2.45, 2.75) is 26.5 Å². The van der Waals surface area contributed by atoms with E-state index in [0.717, 1.165) is 0 Å². The number of anilines is 1. The zero-order valence-electron chi connectivity index (χ0n) is 12.2. The van der Waals surface area contributed by atoms with Gasteiger partial charge in [0, 0.05) is 18.9 Å². The van der Waals surface area contributed by atoms with E-state index in [1.165, 1.54) is 13.2 Å². The van der Waals surface area contributed by atoms with Crippen LogP contribution in [-0.2, 0) is 4.74 Å². The maximum absolute atomic E-state index is 12.4. The largest absolute Gasteiger partial charge is 0.493 e. The molecule has 1 rings (SSSR count). The van der Waals surface area contributed by atoms with Crippen LogP contribution >= 0.6 is 0 Å². The number of benzene rings is 1. The van der Waals surface area contributed by atoms with Gasteiger partial charge in [0.1, 0.15) is 0 Å². The van der Waals surface area contributed by atoms with Gasteiger partial charge in [-0.25, -0.2) is 0 Å². The van der Waals surface area contributed by atoms with E-state index in [-0.39, 0.29) is 17.5 Å². The Hall–Kier alpha value is -1.56. The summed E-state index contributed by atoms with van der Waals surface area (Å²) in [6.07, 6.45) is 0. The lowest BCUT2D eigenvalue weighted by atomic mass is 10.0. The molecule has 0 saturated carbocycles. The van der Waals surface area contributed by atoms with Crippen LogP contribution in [0.2, 0.25) is 0 Å². The van der Waals surface area contributed by atoms with E-state index >= 15 is 0 Å². The summed E-state index contributed by atoms with van der Waals surface area (Å²) in [5.74, 6) is 0.604. The first kappa shape index (κ1) is 16.5. The van der Waals surface area contributed by atoms with E-state index in [2.05, 4.69) is 23.9 Å². The molecule has 0 radical (unpaired) electrons. The molecule has 0 aliphatic heterocycles. The predicted octanol–water partition coefficient (Wildman–Crippen LogP) is 3.38. The van der Waals surface area contributed by atoms with Gasteiger partial charge in [0.15, 0.2) is 11.5 Å². The Morgan fingerprint density at radius 2 is 1.85 bits per heavy atom. The van der Waals surface area contributed by atoms with Crippen LogP contribution in [-0.4, -0.2) is 33.5 Å². The molecule has 0 bridgehead atoms. The van der Waals surface area contributed by atoms with Crippen LogP contribution in [0.4, 0.5) is 14.5 Å². The summed E-state index contributed by atoms with van der Waals surface area (Å²) in [6, 6.07) is 4.91. The minimum absolute atomic E-state index is 0.00687. The van der Waals surface area contributed by atoms with Crippen LogP contribution in [0.1, 0.15) is 13.8 Å². The summed E-state index contributed by atoms with van der Waals surface area (Å²) >= 11 is 0. The Morgan fingerprint density at radius 1 is 1.15 bits per heavy atom. The number of halogens is 2. The smallest absolute Gasteiger partial charge is 0.387 e. The molecule has 0 heterocycles. The quantitative estimate of drug-likeness (QED) is 0.796. The molecule has 1 unspecified atom stereocenters. The molecular formula is C14H21F2NO3. The van der Waals surface area contributed by atoms with E-state index in [1.54, 1.807) is 19.2 Å². The summed E-state index contributed by atoms with van der Waals surface area (Å²) in [5, 5.41) is 3.24. The fourth-order valence-electron chi connectivity index (χ4n) is 1.75. The SMILES string of the molecule is COCC(Nc1ccc(OC)c(OC(F)F)c1)C(C)C. The topological polar surface area (TPSA) is 39.7 Å². The molecule has 0 spiro atoms. The first-order chi connectivity index (χ1) is 9.47. The molecular weight excluding hydrogens is 268 g/mol. The van der Waals surface area contributed by atoms with Gasteiger partial charge in [0.05, 0.1) is 19.8 Å². The number of rotatable bonds is 8. The normalized spacial score (nSPS) is 12.6.